The molecule has 0 saturated carbocycles. The van der Waals surface area contributed by atoms with Crippen molar-refractivity contribution >= 4 is 28.2 Å². The first kappa shape index (κ1) is 13.6. The molecule has 1 N–H and O–H groups in total. The number of aromatic nitrogens is 2. The van der Waals surface area contributed by atoms with Crippen LogP contribution in [0.4, 0.5) is 5.82 Å². The summed E-state index contributed by atoms with van der Waals surface area (Å²) in [7, 11) is 3.49. The first-order valence-electron chi connectivity index (χ1n) is 6.50. The highest BCUT2D eigenvalue weighted by Crippen LogP contribution is 2.30. The quantitative estimate of drug-likeness (QED) is 0.743. The fraction of sp³-hybridized carbons (Fsp3) is 0.125. The van der Waals surface area contributed by atoms with Gasteiger partial charge < -0.3 is 10.1 Å². The van der Waals surface area contributed by atoms with E-state index in [0.29, 0.717) is 5.15 Å². The summed E-state index contributed by atoms with van der Waals surface area (Å²) in [6.45, 7) is 0. The molecule has 1 aromatic carbocycles. The molecule has 0 spiro atoms. The number of anilines is 1. The molecule has 0 saturated heterocycles. The van der Waals surface area contributed by atoms with Crippen LogP contribution in [0.5, 0.6) is 5.75 Å². The van der Waals surface area contributed by atoms with Crippen molar-refractivity contribution < 1.29 is 4.74 Å². The lowest BCUT2D eigenvalue weighted by Crippen LogP contribution is -1.96. The van der Waals surface area contributed by atoms with Crippen molar-refractivity contribution in [2.24, 2.45) is 0 Å². The molecule has 0 atom stereocenters. The van der Waals surface area contributed by atoms with Crippen molar-refractivity contribution in [3.63, 3.8) is 0 Å². The molecule has 0 amide bonds. The van der Waals surface area contributed by atoms with Crippen LogP contribution in [0.1, 0.15) is 0 Å². The van der Waals surface area contributed by atoms with Gasteiger partial charge in [0.25, 0.3) is 0 Å². The van der Waals surface area contributed by atoms with Gasteiger partial charge in [-0.15, -0.1) is 0 Å². The van der Waals surface area contributed by atoms with Gasteiger partial charge in [0, 0.05) is 29.6 Å². The number of rotatable bonds is 3. The van der Waals surface area contributed by atoms with Crippen molar-refractivity contribution in [2.45, 2.75) is 0 Å². The van der Waals surface area contributed by atoms with E-state index in [4.69, 9.17) is 16.3 Å². The van der Waals surface area contributed by atoms with Crippen LogP contribution in [0.25, 0.3) is 22.0 Å². The summed E-state index contributed by atoms with van der Waals surface area (Å²) in [6.07, 6.45) is 1.75. The third kappa shape index (κ3) is 2.62. The van der Waals surface area contributed by atoms with Gasteiger partial charge in [0.2, 0.25) is 0 Å². The second-order valence-electron chi connectivity index (χ2n) is 4.57. The highest BCUT2D eigenvalue weighted by molar-refractivity contribution is 6.30. The zero-order chi connectivity index (χ0) is 14.8. The molecule has 3 rings (SSSR count). The molecule has 2 heterocycles. The van der Waals surface area contributed by atoms with Gasteiger partial charge in [0.15, 0.2) is 0 Å². The zero-order valence-electron chi connectivity index (χ0n) is 11.7. The number of halogens is 1. The van der Waals surface area contributed by atoms with E-state index < -0.39 is 0 Å². The largest absolute Gasteiger partial charge is 0.497 e. The van der Waals surface area contributed by atoms with Crippen molar-refractivity contribution in [2.75, 3.05) is 19.5 Å². The van der Waals surface area contributed by atoms with Crippen molar-refractivity contribution in [1.29, 1.82) is 0 Å². The average molecular weight is 300 g/mol. The summed E-state index contributed by atoms with van der Waals surface area (Å²) in [4.78, 5) is 8.79. The van der Waals surface area contributed by atoms with Crippen molar-refractivity contribution in [3.8, 4) is 17.0 Å². The molecule has 0 aliphatic rings. The van der Waals surface area contributed by atoms with Gasteiger partial charge in [-0.05, 0) is 24.3 Å². The number of hydrogen-bond acceptors (Lipinski definition) is 4. The van der Waals surface area contributed by atoms with Crippen LogP contribution >= 0.6 is 11.6 Å². The Morgan fingerprint density at radius 2 is 2.05 bits per heavy atom. The minimum Gasteiger partial charge on any atom is -0.497 e. The van der Waals surface area contributed by atoms with Crippen LogP contribution in [-0.2, 0) is 0 Å². The number of pyridine rings is 2. The molecule has 21 heavy (non-hydrogen) atoms. The molecule has 0 unspecified atom stereocenters. The predicted octanol–water partition coefficient (Wildman–Crippen LogP) is 4.00. The van der Waals surface area contributed by atoms with Crippen LogP contribution in [0.3, 0.4) is 0 Å². The minimum absolute atomic E-state index is 0.454. The van der Waals surface area contributed by atoms with Crippen LogP contribution in [0, 0.1) is 0 Å². The Morgan fingerprint density at radius 1 is 1.19 bits per heavy atom. The lowest BCUT2D eigenvalue weighted by molar-refractivity contribution is 0.415. The molecular formula is C16H14ClN3O. The van der Waals surface area contributed by atoms with Gasteiger partial charge in [-0.1, -0.05) is 23.7 Å². The molecule has 3 aromatic rings. The van der Waals surface area contributed by atoms with E-state index in [-0.39, 0.29) is 0 Å². The molecule has 0 aliphatic carbocycles. The number of nitrogens with zero attached hydrogens (tertiary/aromatic N) is 2. The molecule has 0 bridgehead atoms. The van der Waals surface area contributed by atoms with E-state index in [9.17, 15) is 0 Å². The van der Waals surface area contributed by atoms with Gasteiger partial charge >= 0.3 is 0 Å². The lowest BCUT2D eigenvalue weighted by atomic mass is 10.1. The molecule has 0 aliphatic heterocycles. The molecule has 2 aromatic heterocycles. The normalized spacial score (nSPS) is 10.6. The summed E-state index contributed by atoms with van der Waals surface area (Å²) >= 11 is 5.96. The first-order chi connectivity index (χ1) is 10.2. The third-order valence-corrected chi connectivity index (χ3v) is 3.49. The number of hydrogen-bond donors (Lipinski definition) is 1. The predicted molar refractivity (Wildman–Crippen MR) is 86.1 cm³/mol. The summed E-state index contributed by atoms with van der Waals surface area (Å²) in [5.41, 5.74) is 1.84. The third-order valence-electron chi connectivity index (χ3n) is 3.28. The number of nitrogens with one attached hydrogen (secondary N) is 1. The van der Waals surface area contributed by atoms with Crippen LogP contribution in [0.2, 0.25) is 5.15 Å². The molecule has 4 nitrogen and oxygen atoms in total. The van der Waals surface area contributed by atoms with Crippen LogP contribution < -0.4 is 10.1 Å². The number of methoxy groups -OCH3 is 1. The number of fused-ring (bicyclic) bond motifs is 1. The van der Waals surface area contributed by atoms with E-state index in [1.54, 1.807) is 13.3 Å². The van der Waals surface area contributed by atoms with E-state index >= 15 is 0 Å². The van der Waals surface area contributed by atoms with Gasteiger partial charge in [0.1, 0.15) is 16.7 Å². The molecular weight excluding hydrogens is 286 g/mol. The highest BCUT2D eigenvalue weighted by Gasteiger charge is 2.08. The Balaban J connectivity index is 2.21. The Bertz CT molecular complexity index is 805. The topological polar surface area (TPSA) is 47.0 Å². The first-order valence-corrected chi connectivity index (χ1v) is 6.87. The standard InChI is InChI=1S/C16H14ClN3O/c1-18-16-13-8-15(17)19-9-11(13)7-14(20-16)10-4-3-5-12(6-10)21-2/h3-9H,1-2H3,(H,18,20). The Kier molecular flexibility index (Phi) is 3.62. The second-order valence-corrected chi connectivity index (χ2v) is 4.95. The average Bonchev–Trinajstić information content (AvgIpc) is 2.54. The highest BCUT2D eigenvalue weighted by atomic mass is 35.5. The van der Waals surface area contributed by atoms with Crippen LogP contribution in [-0.4, -0.2) is 24.1 Å². The fourth-order valence-electron chi connectivity index (χ4n) is 2.24. The summed E-state index contributed by atoms with van der Waals surface area (Å²) in [5, 5.41) is 5.49. The van der Waals surface area contributed by atoms with Gasteiger partial charge in [-0.3, -0.25) is 0 Å². The second kappa shape index (κ2) is 5.58. The van der Waals surface area contributed by atoms with Gasteiger partial charge in [-0.2, -0.15) is 0 Å². The molecule has 0 fully saturated rings. The Hall–Kier alpha value is -2.33. The van der Waals surface area contributed by atoms with E-state index in [1.807, 2.05) is 43.4 Å². The van der Waals surface area contributed by atoms with E-state index in [2.05, 4.69) is 15.3 Å². The van der Waals surface area contributed by atoms with Crippen LogP contribution in [0.15, 0.2) is 42.6 Å². The SMILES string of the molecule is CNc1nc(-c2cccc(OC)c2)cc2cnc(Cl)cc12. The number of ether oxygens (including phenoxy) is 1. The Morgan fingerprint density at radius 3 is 2.81 bits per heavy atom. The lowest BCUT2D eigenvalue weighted by Gasteiger charge is -2.10. The Labute approximate surface area is 127 Å². The van der Waals surface area contributed by atoms with Crippen molar-refractivity contribution in [3.05, 3.63) is 47.7 Å². The van der Waals surface area contributed by atoms with Crippen molar-refractivity contribution in [1.82, 2.24) is 9.97 Å². The summed E-state index contributed by atoms with van der Waals surface area (Å²) < 4.78 is 5.26. The van der Waals surface area contributed by atoms with E-state index in [1.165, 1.54) is 0 Å². The van der Waals surface area contributed by atoms with E-state index in [0.717, 1.165) is 33.6 Å². The van der Waals surface area contributed by atoms with Gasteiger partial charge in [-0.25, -0.2) is 9.97 Å². The maximum absolute atomic E-state index is 5.96. The molecule has 5 heteroatoms. The monoisotopic (exact) mass is 299 g/mol. The number of benzene rings is 1. The molecule has 0 radical (unpaired) electrons. The zero-order valence-corrected chi connectivity index (χ0v) is 12.5. The fourth-order valence-corrected chi connectivity index (χ4v) is 2.40. The maximum Gasteiger partial charge on any atom is 0.134 e. The van der Waals surface area contributed by atoms with Gasteiger partial charge in [0.05, 0.1) is 12.8 Å². The molecule has 106 valence electrons. The summed E-state index contributed by atoms with van der Waals surface area (Å²) in [5.74, 6) is 1.57. The summed E-state index contributed by atoms with van der Waals surface area (Å²) in [6, 6.07) is 11.6. The maximum atomic E-state index is 5.96. The smallest absolute Gasteiger partial charge is 0.134 e. The minimum atomic E-state index is 0.454.